The smallest absolute Gasteiger partial charge is 0.308 e. The summed E-state index contributed by atoms with van der Waals surface area (Å²) in [5, 5.41) is 11.8. The minimum atomic E-state index is -1.47. The molecule has 1 heterocycles. The van der Waals surface area contributed by atoms with Crippen LogP contribution >= 0.6 is 27.5 Å². The number of carbonyl (C=O) groups excluding carboxylic acids is 2. The molecule has 2 aromatic rings. The number of carboxylic acid groups (broad SMARTS) is 1. The molecule has 0 aliphatic carbocycles. The van der Waals surface area contributed by atoms with Crippen molar-refractivity contribution >= 4 is 56.8 Å². The Kier molecular flexibility index (Phi) is 6.11. The Morgan fingerprint density at radius 3 is 2.64 bits per heavy atom. The van der Waals surface area contributed by atoms with Gasteiger partial charge in [-0.15, -0.1) is 0 Å². The first-order valence-electron chi connectivity index (χ1n) is 8.20. The van der Waals surface area contributed by atoms with E-state index in [1.807, 2.05) is 0 Å². The van der Waals surface area contributed by atoms with E-state index in [1.165, 1.54) is 0 Å². The van der Waals surface area contributed by atoms with Gasteiger partial charge in [0.05, 0.1) is 24.2 Å². The van der Waals surface area contributed by atoms with Gasteiger partial charge in [-0.25, -0.2) is 4.99 Å². The summed E-state index contributed by atoms with van der Waals surface area (Å²) in [6, 6.07) is 12.2. The zero-order valence-corrected chi connectivity index (χ0v) is 16.7. The van der Waals surface area contributed by atoms with Crippen LogP contribution < -0.4 is 5.32 Å². The lowest BCUT2D eigenvalue weighted by atomic mass is 10.0. The molecule has 2 N–H and O–H groups in total. The molecular weight excluding hydrogens is 452 g/mol. The average molecular weight is 466 g/mol. The monoisotopic (exact) mass is 464 g/mol. The Morgan fingerprint density at radius 1 is 1.18 bits per heavy atom. The molecule has 3 rings (SSSR count). The van der Waals surface area contributed by atoms with Crippen LogP contribution in [0.2, 0.25) is 5.02 Å². The standard InChI is InChI=1S/C19H14BrClN2O5/c20-10-5-6-14-12(9-10)17(11-3-1-2-4-13(11)21)23-19(18(27)22-14)28-16(26)8-7-15(24)25/h1-6,9,19H,7-8H2,(H,22,27)(H,24,25)/t19-/m0/s1. The molecule has 0 saturated heterocycles. The van der Waals surface area contributed by atoms with E-state index in [9.17, 15) is 14.4 Å². The highest BCUT2D eigenvalue weighted by Gasteiger charge is 2.29. The van der Waals surface area contributed by atoms with Crippen LogP contribution in [0.3, 0.4) is 0 Å². The summed E-state index contributed by atoms with van der Waals surface area (Å²) in [6.45, 7) is 0. The summed E-state index contributed by atoms with van der Waals surface area (Å²) in [5.74, 6) is -2.62. The second kappa shape index (κ2) is 8.53. The highest BCUT2D eigenvalue weighted by molar-refractivity contribution is 9.10. The molecule has 7 nitrogen and oxygen atoms in total. The Hall–Kier alpha value is -2.71. The number of esters is 1. The first-order chi connectivity index (χ1) is 13.3. The fraction of sp³-hybridized carbons (Fsp3) is 0.158. The van der Waals surface area contributed by atoms with Crippen molar-refractivity contribution < 1.29 is 24.2 Å². The molecule has 2 aromatic carbocycles. The minimum Gasteiger partial charge on any atom is -0.481 e. The van der Waals surface area contributed by atoms with Gasteiger partial charge in [0.15, 0.2) is 0 Å². The van der Waals surface area contributed by atoms with Gasteiger partial charge < -0.3 is 15.2 Å². The van der Waals surface area contributed by atoms with Crippen molar-refractivity contribution in [1.29, 1.82) is 0 Å². The predicted molar refractivity (Wildman–Crippen MR) is 107 cm³/mol. The van der Waals surface area contributed by atoms with Gasteiger partial charge in [-0.2, -0.15) is 0 Å². The largest absolute Gasteiger partial charge is 0.481 e. The molecule has 1 amide bonds. The minimum absolute atomic E-state index is 0.367. The quantitative estimate of drug-likeness (QED) is 0.656. The summed E-state index contributed by atoms with van der Waals surface area (Å²) in [4.78, 5) is 39.5. The van der Waals surface area contributed by atoms with Gasteiger partial charge >= 0.3 is 11.9 Å². The number of benzodiazepines with no additional fused rings is 1. The zero-order valence-electron chi connectivity index (χ0n) is 14.3. The van der Waals surface area contributed by atoms with E-state index in [-0.39, 0.29) is 6.42 Å². The SMILES string of the molecule is O=C(O)CCC(=O)O[C@@H]1N=C(c2ccccc2Cl)c2cc(Br)ccc2NC1=O. The second-order valence-electron chi connectivity index (χ2n) is 5.87. The molecule has 0 spiro atoms. The Labute approximate surface area is 173 Å². The number of carbonyl (C=O) groups is 3. The number of nitrogens with one attached hydrogen (secondary N) is 1. The molecule has 0 saturated carbocycles. The van der Waals surface area contributed by atoms with E-state index in [2.05, 4.69) is 26.2 Å². The molecule has 0 fully saturated rings. The van der Waals surface area contributed by atoms with Gasteiger partial charge in [0, 0.05) is 20.6 Å². The highest BCUT2D eigenvalue weighted by Crippen LogP contribution is 2.30. The molecule has 9 heteroatoms. The van der Waals surface area contributed by atoms with Crippen molar-refractivity contribution in [3.63, 3.8) is 0 Å². The molecule has 0 bridgehead atoms. The molecule has 0 unspecified atom stereocenters. The van der Waals surface area contributed by atoms with Gasteiger partial charge in [-0.3, -0.25) is 14.4 Å². The van der Waals surface area contributed by atoms with Crippen molar-refractivity contribution in [2.24, 2.45) is 4.99 Å². The van der Waals surface area contributed by atoms with Crippen molar-refractivity contribution in [3.8, 4) is 0 Å². The summed E-state index contributed by atoms with van der Waals surface area (Å²) in [6.07, 6.45) is -2.24. The zero-order chi connectivity index (χ0) is 20.3. The fourth-order valence-electron chi connectivity index (χ4n) is 2.60. The van der Waals surface area contributed by atoms with Crippen LogP contribution in [0.5, 0.6) is 0 Å². The number of hydrogen-bond acceptors (Lipinski definition) is 5. The Bertz CT molecular complexity index is 992. The van der Waals surface area contributed by atoms with Gasteiger partial charge in [0.2, 0.25) is 0 Å². The molecule has 0 aromatic heterocycles. The number of ether oxygens (including phenoxy) is 1. The van der Waals surface area contributed by atoms with E-state index < -0.39 is 30.5 Å². The van der Waals surface area contributed by atoms with E-state index in [0.717, 1.165) is 4.47 Å². The third kappa shape index (κ3) is 4.58. The number of hydrogen-bond donors (Lipinski definition) is 2. The van der Waals surface area contributed by atoms with Gasteiger partial charge in [-0.05, 0) is 24.3 Å². The molecule has 1 atom stereocenters. The molecule has 28 heavy (non-hydrogen) atoms. The maximum atomic E-state index is 12.5. The summed E-state index contributed by atoms with van der Waals surface area (Å²) in [7, 11) is 0. The van der Waals surface area contributed by atoms with Crippen LogP contribution in [0.4, 0.5) is 5.69 Å². The van der Waals surface area contributed by atoms with Crippen LogP contribution in [-0.4, -0.2) is 34.9 Å². The predicted octanol–water partition coefficient (Wildman–Crippen LogP) is 3.63. The molecular formula is C19H14BrClN2O5. The van der Waals surface area contributed by atoms with Crippen molar-refractivity contribution in [1.82, 2.24) is 0 Å². The first-order valence-corrected chi connectivity index (χ1v) is 9.37. The summed E-state index contributed by atoms with van der Waals surface area (Å²) < 4.78 is 5.89. The number of rotatable bonds is 5. The molecule has 1 aliphatic heterocycles. The van der Waals surface area contributed by atoms with Crippen LogP contribution in [-0.2, 0) is 19.1 Å². The fourth-order valence-corrected chi connectivity index (χ4v) is 3.19. The normalized spacial score (nSPS) is 15.7. The number of aliphatic imine (C=N–C) groups is 1. The molecule has 1 aliphatic rings. The lowest BCUT2D eigenvalue weighted by Crippen LogP contribution is -2.30. The maximum absolute atomic E-state index is 12.5. The van der Waals surface area contributed by atoms with Gasteiger partial charge in [-0.1, -0.05) is 45.7 Å². The van der Waals surface area contributed by atoms with Crippen LogP contribution in [0, 0.1) is 0 Å². The maximum Gasteiger partial charge on any atom is 0.308 e. The lowest BCUT2D eigenvalue weighted by molar-refractivity contribution is -0.155. The van der Waals surface area contributed by atoms with E-state index >= 15 is 0 Å². The number of halogens is 2. The van der Waals surface area contributed by atoms with Gasteiger partial charge in [0.1, 0.15) is 0 Å². The Balaban J connectivity index is 2.04. The number of fused-ring (bicyclic) bond motifs is 1. The number of nitrogens with zero attached hydrogens (tertiary/aromatic N) is 1. The van der Waals surface area contributed by atoms with Crippen molar-refractivity contribution in [2.75, 3.05) is 5.32 Å². The highest BCUT2D eigenvalue weighted by atomic mass is 79.9. The van der Waals surface area contributed by atoms with Crippen LogP contribution in [0.1, 0.15) is 24.0 Å². The van der Waals surface area contributed by atoms with E-state index in [1.54, 1.807) is 42.5 Å². The number of aliphatic carboxylic acids is 1. The lowest BCUT2D eigenvalue weighted by Gasteiger charge is -2.12. The molecule has 0 radical (unpaired) electrons. The third-order valence-corrected chi connectivity index (χ3v) is 4.70. The third-order valence-electron chi connectivity index (χ3n) is 3.88. The van der Waals surface area contributed by atoms with Crippen molar-refractivity contribution in [2.45, 2.75) is 19.1 Å². The second-order valence-corrected chi connectivity index (χ2v) is 7.20. The number of carboxylic acids is 1. The Morgan fingerprint density at radius 2 is 1.93 bits per heavy atom. The van der Waals surface area contributed by atoms with Gasteiger partial charge in [0.25, 0.3) is 12.1 Å². The van der Waals surface area contributed by atoms with Crippen molar-refractivity contribution in [3.05, 3.63) is 63.1 Å². The van der Waals surface area contributed by atoms with E-state index in [4.69, 9.17) is 21.4 Å². The first kappa shape index (κ1) is 20.0. The molecule has 144 valence electrons. The number of benzene rings is 2. The van der Waals surface area contributed by atoms with E-state index in [0.29, 0.717) is 27.5 Å². The van der Waals surface area contributed by atoms with Crippen LogP contribution in [0.15, 0.2) is 51.9 Å². The number of anilines is 1. The van der Waals surface area contributed by atoms with Crippen LogP contribution in [0.25, 0.3) is 0 Å². The number of amides is 1. The topological polar surface area (TPSA) is 105 Å². The summed E-state index contributed by atoms with van der Waals surface area (Å²) in [5.41, 5.74) is 2.01. The average Bonchev–Trinajstić information content (AvgIpc) is 2.77. The summed E-state index contributed by atoms with van der Waals surface area (Å²) >= 11 is 9.72.